The van der Waals surface area contributed by atoms with E-state index in [4.69, 9.17) is 5.11 Å². The fourth-order valence-electron chi connectivity index (χ4n) is 3.16. The monoisotopic (exact) mass is 289 g/mol. The zero-order valence-electron chi connectivity index (χ0n) is 12.5. The summed E-state index contributed by atoms with van der Waals surface area (Å²) in [4.78, 5) is 23.4. The van der Waals surface area contributed by atoms with Crippen LogP contribution in [0, 0.1) is 0 Å². The highest BCUT2D eigenvalue weighted by Gasteiger charge is 2.42. The Bertz CT molecular complexity index is 492. The molecule has 0 heterocycles. The van der Waals surface area contributed by atoms with Gasteiger partial charge in [0.25, 0.3) is 0 Å². The van der Waals surface area contributed by atoms with E-state index < -0.39 is 11.4 Å². The van der Waals surface area contributed by atoms with Gasteiger partial charge in [-0.25, -0.2) is 0 Å². The fraction of sp³-hybridized carbons (Fsp3) is 0.529. The number of benzene rings is 1. The molecule has 0 aliphatic heterocycles. The molecule has 1 saturated carbocycles. The van der Waals surface area contributed by atoms with Crippen LogP contribution in [-0.4, -0.2) is 23.0 Å². The number of nitrogens with one attached hydrogen (secondary N) is 1. The van der Waals surface area contributed by atoms with Crippen LogP contribution in [0.1, 0.15) is 51.0 Å². The summed E-state index contributed by atoms with van der Waals surface area (Å²) in [5.41, 5.74) is 0.643. The van der Waals surface area contributed by atoms with Crippen molar-refractivity contribution in [2.24, 2.45) is 0 Å². The van der Waals surface area contributed by atoms with Crippen LogP contribution >= 0.6 is 0 Å². The summed E-state index contributed by atoms with van der Waals surface area (Å²) >= 11 is 0. The van der Waals surface area contributed by atoms with Crippen molar-refractivity contribution in [2.75, 3.05) is 0 Å². The maximum atomic E-state index is 12.8. The molecule has 2 rings (SSSR count). The molecule has 1 aliphatic rings. The van der Waals surface area contributed by atoms with Crippen LogP contribution in [0.2, 0.25) is 0 Å². The minimum absolute atomic E-state index is 0.0455. The molecule has 1 aliphatic carbocycles. The van der Waals surface area contributed by atoms with Crippen molar-refractivity contribution in [2.45, 2.75) is 56.9 Å². The molecule has 0 aromatic heterocycles. The molecule has 4 nitrogen and oxygen atoms in total. The highest BCUT2D eigenvalue weighted by atomic mass is 16.4. The van der Waals surface area contributed by atoms with E-state index in [1.807, 2.05) is 37.3 Å². The van der Waals surface area contributed by atoms with Crippen LogP contribution < -0.4 is 5.32 Å². The number of carboxylic acids is 1. The third kappa shape index (κ3) is 3.63. The second-order valence-corrected chi connectivity index (χ2v) is 5.96. The highest BCUT2D eigenvalue weighted by Crippen LogP contribution is 2.41. The van der Waals surface area contributed by atoms with E-state index in [2.05, 4.69) is 5.32 Å². The minimum atomic E-state index is -0.824. The lowest BCUT2D eigenvalue weighted by atomic mass is 9.78. The largest absolute Gasteiger partial charge is 0.481 e. The molecule has 1 amide bonds. The normalized spacial score (nSPS) is 18.1. The van der Waals surface area contributed by atoms with E-state index in [0.717, 1.165) is 31.2 Å². The Kier molecular flexibility index (Phi) is 4.99. The molecular weight excluding hydrogens is 266 g/mol. The second-order valence-electron chi connectivity index (χ2n) is 5.96. The first-order valence-corrected chi connectivity index (χ1v) is 7.63. The first kappa shape index (κ1) is 15.5. The number of rotatable bonds is 6. The van der Waals surface area contributed by atoms with Gasteiger partial charge in [-0.2, -0.15) is 0 Å². The van der Waals surface area contributed by atoms with E-state index >= 15 is 0 Å². The molecule has 1 aromatic rings. The number of hydrogen-bond acceptors (Lipinski definition) is 2. The Morgan fingerprint density at radius 3 is 2.43 bits per heavy atom. The van der Waals surface area contributed by atoms with Crippen molar-refractivity contribution < 1.29 is 14.7 Å². The van der Waals surface area contributed by atoms with Crippen molar-refractivity contribution >= 4 is 11.9 Å². The molecule has 4 heteroatoms. The lowest BCUT2D eigenvalue weighted by Crippen LogP contribution is -2.46. The highest BCUT2D eigenvalue weighted by molar-refractivity contribution is 5.88. The number of amides is 1. The average molecular weight is 289 g/mol. The van der Waals surface area contributed by atoms with Gasteiger partial charge in [0.15, 0.2) is 0 Å². The summed E-state index contributed by atoms with van der Waals surface area (Å²) < 4.78 is 0. The Labute approximate surface area is 125 Å². The number of carboxylic acid groups (broad SMARTS) is 1. The molecule has 0 spiro atoms. The van der Waals surface area contributed by atoms with Gasteiger partial charge < -0.3 is 10.4 Å². The number of carbonyl (C=O) groups excluding carboxylic acids is 1. The predicted octanol–water partition coefficient (Wildman–Crippen LogP) is 2.87. The van der Waals surface area contributed by atoms with Crippen LogP contribution in [-0.2, 0) is 15.0 Å². The molecule has 1 unspecified atom stereocenters. The van der Waals surface area contributed by atoms with Gasteiger partial charge in [-0.05, 0) is 31.7 Å². The fourth-order valence-corrected chi connectivity index (χ4v) is 3.16. The smallest absolute Gasteiger partial charge is 0.303 e. The van der Waals surface area contributed by atoms with Crippen LogP contribution in [0.5, 0.6) is 0 Å². The molecular formula is C17H23NO3. The maximum Gasteiger partial charge on any atom is 0.303 e. The van der Waals surface area contributed by atoms with Gasteiger partial charge in [-0.3, -0.25) is 9.59 Å². The molecule has 0 saturated heterocycles. The zero-order chi connectivity index (χ0) is 15.3. The van der Waals surface area contributed by atoms with Gasteiger partial charge in [-0.15, -0.1) is 0 Å². The summed E-state index contributed by atoms with van der Waals surface area (Å²) in [6, 6.07) is 9.82. The summed E-state index contributed by atoms with van der Waals surface area (Å²) in [6.07, 6.45) is 4.41. The SMILES string of the molecule is CC(CCC(=O)O)NC(=O)C1(c2ccccc2)CCCC1. The zero-order valence-corrected chi connectivity index (χ0v) is 12.5. The van der Waals surface area contributed by atoms with Crippen molar-refractivity contribution in [1.82, 2.24) is 5.32 Å². The number of hydrogen-bond donors (Lipinski definition) is 2. The summed E-state index contributed by atoms with van der Waals surface area (Å²) in [7, 11) is 0. The molecule has 0 bridgehead atoms. The Morgan fingerprint density at radius 1 is 1.24 bits per heavy atom. The van der Waals surface area contributed by atoms with Gasteiger partial charge in [0.1, 0.15) is 0 Å². The molecule has 21 heavy (non-hydrogen) atoms. The standard InChI is InChI=1S/C17H23NO3/c1-13(9-10-15(19)20)18-16(21)17(11-5-6-12-17)14-7-3-2-4-8-14/h2-4,7-8,13H,5-6,9-12H2,1H3,(H,18,21)(H,19,20). The van der Waals surface area contributed by atoms with Crippen molar-refractivity contribution in [3.63, 3.8) is 0 Å². The van der Waals surface area contributed by atoms with Gasteiger partial charge >= 0.3 is 5.97 Å². The van der Waals surface area contributed by atoms with Gasteiger partial charge in [0.05, 0.1) is 5.41 Å². The first-order valence-electron chi connectivity index (χ1n) is 7.63. The van der Waals surface area contributed by atoms with E-state index in [9.17, 15) is 9.59 Å². The van der Waals surface area contributed by atoms with Crippen LogP contribution in [0.25, 0.3) is 0 Å². The molecule has 1 aromatic carbocycles. The Hall–Kier alpha value is -1.84. The van der Waals surface area contributed by atoms with Gasteiger partial charge in [-0.1, -0.05) is 43.2 Å². The number of carbonyl (C=O) groups is 2. The van der Waals surface area contributed by atoms with E-state index in [0.29, 0.717) is 6.42 Å². The molecule has 2 N–H and O–H groups in total. The van der Waals surface area contributed by atoms with Crippen LogP contribution in [0.15, 0.2) is 30.3 Å². The van der Waals surface area contributed by atoms with Crippen molar-refractivity contribution in [3.8, 4) is 0 Å². The predicted molar refractivity (Wildman–Crippen MR) is 81.1 cm³/mol. The first-order chi connectivity index (χ1) is 10.0. The van der Waals surface area contributed by atoms with Crippen molar-refractivity contribution in [3.05, 3.63) is 35.9 Å². The third-order valence-electron chi connectivity index (χ3n) is 4.39. The van der Waals surface area contributed by atoms with Gasteiger partial charge in [0, 0.05) is 12.5 Å². The third-order valence-corrected chi connectivity index (χ3v) is 4.39. The quantitative estimate of drug-likeness (QED) is 0.846. The summed E-state index contributed by atoms with van der Waals surface area (Å²) in [5.74, 6) is -0.779. The summed E-state index contributed by atoms with van der Waals surface area (Å²) in [6.45, 7) is 1.87. The summed E-state index contributed by atoms with van der Waals surface area (Å²) in [5, 5.41) is 11.7. The van der Waals surface area contributed by atoms with Crippen molar-refractivity contribution in [1.29, 1.82) is 0 Å². The molecule has 0 radical (unpaired) electrons. The molecule has 114 valence electrons. The van der Waals surface area contributed by atoms with E-state index in [1.165, 1.54) is 0 Å². The average Bonchev–Trinajstić information content (AvgIpc) is 2.97. The minimum Gasteiger partial charge on any atom is -0.481 e. The topological polar surface area (TPSA) is 66.4 Å². The lowest BCUT2D eigenvalue weighted by molar-refractivity contribution is -0.137. The molecule has 1 fully saturated rings. The maximum absolute atomic E-state index is 12.8. The van der Waals surface area contributed by atoms with E-state index in [1.54, 1.807) is 0 Å². The van der Waals surface area contributed by atoms with Crippen LogP contribution in [0.4, 0.5) is 0 Å². The Balaban J connectivity index is 2.08. The lowest BCUT2D eigenvalue weighted by Gasteiger charge is -2.30. The van der Waals surface area contributed by atoms with Crippen LogP contribution in [0.3, 0.4) is 0 Å². The van der Waals surface area contributed by atoms with Gasteiger partial charge in [0.2, 0.25) is 5.91 Å². The Morgan fingerprint density at radius 2 is 1.86 bits per heavy atom. The second kappa shape index (κ2) is 6.74. The van der Waals surface area contributed by atoms with E-state index in [-0.39, 0.29) is 18.4 Å². The number of aliphatic carboxylic acids is 1. The molecule has 1 atom stereocenters.